The minimum absolute atomic E-state index is 0. The fraction of sp³-hybridized carbons (Fsp3) is 0.636. The summed E-state index contributed by atoms with van der Waals surface area (Å²) in [6, 6.07) is 0. The van der Waals surface area contributed by atoms with Gasteiger partial charge in [-0.25, -0.2) is 8.42 Å². The maximum absolute atomic E-state index is 10.5. The van der Waals surface area contributed by atoms with Crippen molar-refractivity contribution in [3.05, 3.63) is 10.8 Å². The number of hydrogen-bond donors (Lipinski definition) is 0. The van der Waals surface area contributed by atoms with Crippen molar-refractivity contribution in [1.82, 2.24) is 4.90 Å². The average Bonchev–Trinajstić information content (AvgIpc) is 2.74. The molecule has 0 spiro atoms. The van der Waals surface area contributed by atoms with Gasteiger partial charge in [-0.05, 0) is 20.0 Å². The van der Waals surface area contributed by atoms with Gasteiger partial charge in [-0.2, -0.15) is 0 Å². The molecular weight excluding hydrogens is 313 g/mol. The van der Waals surface area contributed by atoms with Gasteiger partial charge in [0.2, 0.25) is 0 Å². The smallest absolute Gasteiger partial charge is 0.748 e. The molecule has 0 aliphatic carbocycles. The summed E-state index contributed by atoms with van der Waals surface area (Å²) in [5.74, 6) is 1.21. The van der Waals surface area contributed by atoms with Crippen LogP contribution in [0.1, 0.15) is 6.42 Å². The summed E-state index contributed by atoms with van der Waals surface area (Å²) in [6.07, 6.45) is 0.260. The topological polar surface area (TPSA) is 78.9 Å². The van der Waals surface area contributed by atoms with E-state index >= 15 is 0 Å². The van der Waals surface area contributed by atoms with Crippen LogP contribution >= 0.6 is 11.3 Å². The van der Waals surface area contributed by atoms with Crippen LogP contribution in [0.15, 0.2) is 10.8 Å². The summed E-state index contributed by atoms with van der Waals surface area (Å²) in [6.45, 7) is 1.65. The SMILES string of the molecule is CN(CCCS(=O)(=O)[O-])CC1COc2cscc2O1.[Na+]. The Hall–Kier alpha value is 0.170. The zero-order valence-electron chi connectivity index (χ0n) is 11.6. The van der Waals surface area contributed by atoms with E-state index in [4.69, 9.17) is 9.47 Å². The van der Waals surface area contributed by atoms with E-state index in [0.717, 1.165) is 11.5 Å². The van der Waals surface area contributed by atoms with E-state index in [2.05, 4.69) is 0 Å². The van der Waals surface area contributed by atoms with Crippen molar-refractivity contribution in [3.63, 3.8) is 0 Å². The monoisotopic (exact) mass is 329 g/mol. The van der Waals surface area contributed by atoms with E-state index in [1.165, 1.54) is 11.3 Å². The molecule has 1 atom stereocenters. The molecule has 9 heteroatoms. The first-order chi connectivity index (χ1) is 8.94. The first kappa shape index (κ1) is 18.2. The Bertz CT molecular complexity index is 519. The van der Waals surface area contributed by atoms with Crippen LogP contribution < -0.4 is 39.0 Å². The van der Waals surface area contributed by atoms with Gasteiger partial charge >= 0.3 is 29.6 Å². The molecule has 1 aromatic heterocycles. The molecule has 0 saturated heterocycles. The van der Waals surface area contributed by atoms with Crippen LogP contribution in [0.2, 0.25) is 0 Å². The summed E-state index contributed by atoms with van der Waals surface area (Å²) in [5, 5.41) is 3.79. The fourth-order valence-corrected chi connectivity index (χ4v) is 3.06. The molecule has 1 aliphatic heterocycles. The molecule has 1 aromatic rings. The zero-order chi connectivity index (χ0) is 13.9. The van der Waals surface area contributed by atoms with Gasteiger partial charge in [0.1, 0.15) is 12.7 Å². The van der Waals surface area contributed by atoms with Gasteiger partial charge in [0.15, 0.2) is 11.5 Å². The first-order valence-electron chi connectivity index (χ1n) is 5.92. The Balaban J connectivity index is 0.00000200. The molecule has 0 amide bonds. The summed E-state index contributed by atoms with van der Waals surface area (Å²) >= 11 is 1.53. The molecule has 108 valence electrons. The molecule has 2 heterocycles. The number of nitrogens with zero attached hydrogens (tertiary/aromatic N) is 1. The molecule has 1 aliphatic rings. The predicted molar refractivity (Wildman–Crippen MR) is 70.9 cm³/mol. The number of fused-ring (bicyclic) bond motifs is 1. The summed E-state index contributed by atoms with van der Waals surface area (Å²) in [4.78, 5) is 1.94. The largest absolute Gasteiger partial charge is 1.00 e. The Labute approximate surface area is 145 Å². The van der Waals surface area contributed by atoms with E-state index in [1.807, 2.05) is 22.7 Å². The predicted octanol–water partition coefficient (Wildman–Crippen LogP) is -2.24. The number of likely N-dealkylation sites (N-methyl/N-ethyl adjacent to an activating group) is 1. The molecule has 20 heavy (non-hydrogen) atoms. The van der Waals surface area contributed by atoms with E-state index in [-0.39, 0.29) is 41.4 Å². The van der Waals surface area contributed by atoms with Gasteiger partial charge in [0.25, 0.3) is 0 Å². The maximum atomic E-state index is 10.5. The standard InChI is InChI=1S/C11H17NO5S2.Na/c1-12(3-2-4-19(13,14)15)5-9-6-16-10-7-18-8-11(10)17-9;/h7-9H,2-6H2,1H3,(H,13,14,15);/q;+1/p-1. The third-order valence-corrected chi connectivity index (χ3v) is 4.25. The average molecular weight is 329 g/mol. The second-order valence-electron chi connectivity index (χ2n) is 4.53. The van der Waals surface area contributed by atoms with E-state index in [1.54, 1.807) is 0 Å². The van der Waals surface area contributed by atoms with Gasteiger partial charge < -0.3 is 18.9 Å². The molecule has 0 saturated carbocycles. The van der Waals surface area contributed by atoms with Crippen molar-refractivity contribution < 1.29 is 52.0 Å². The quantitative estimate of drug-likeness (QED) is 0.434. The van der Waals surface area contributed by atoms with Gasteiger partial charge in [-0.1, -0.05) is 0 Å². The van der Waals surface area contributed by atoms with Crippen LogP contribution in [0.4, 0.5) is 0 Å². The Morgan fingerprint density at radius 3 is 2.85 bits per heavy atom. The molecule has 0 fully saturated rings. The van der Waals surface area contributed by atoms with Crippen molar-refractivity contribution in [2.24, 2.45) is 0 Å². The zero-order valence-corrected chi connectivity index (χ0v) is 15.2. The maximum Gasteiger partial charge on any atom is 1.00 e. The third kappa shape index (κ3) is 5.88. The molecule has 2 rings (SSSR count). The number of ether oxygens (including phenoxy) is 2. The minimum Gasteiger partial charge on any atom is -0.748 e. The Morgan fingerprint density at radius 2 is 2.15 bits per heavy atom. The number of thiophene rings is 1. The van der Waals surface area contributed by atoms with Gasteiger partial charge in [-0.3, -0.25) is 0 Å². The van der Waals surface area contributed by atoms with Crippen LogP contribution in [-0.2, 0) is 10.1 Å². The second-order valence-corrected chi connectivity index (χ2v) is 6.80. The van der Waals surface area contributed by atoms with Crippen molar-refractivity contribution in [2.75, 3.05) is 32.5 Å². The summed E-state index contributed by atoms with van der Waals surface area (Å²) in [5.41, 5.74) is 0. The normalized spacial score (nSPS) is 17.9. The van der Waals surface area contributed by atoms with Crippen molar-refractivity contribution in [2.45, 2.75) is 12.5 Å². The van der Waals surface area contributed by atoms with Crippen LogP contribution in [0.3, 0.4) is 0 Å². The van der Waals surface area contributed by atoms with Gasteiger partial charge in [0, 0.05) is 23.1 Å². The summed E-state index contributed by atoms with van der Waals surface area (Å²) < 4.78 is 42.8. The van der Waals surface area contributed by atoms with E-state index in [0.29, 0.717) is 26.1 Å². The van der Waals surface area contributed by atoms with Crippen molar-refractivity contribution in [1.29, 1.82) is 0 Å². The van der Waals surface area contributed by atoms with Crippen LogP contribution in [0, 0.1) is 0 Å². The Morgan fingerprint density at radius 1 is 1.45 bits per heavy atom. The molecule has 1 unspecified atom stereocenters. The van der Waals surface area contributed by atoms with E-state index in [9.17, 15) is 13.0 Å². The Kier molecular flexibility index (Phi) is 7.27. The van der Waals surface area contributed by atoms with Crippen LogP contribution in [-0.4, -0.2) is 56.5 Å². The second kappa shape index (κ2) is 7.98. The van der Waals surface area contributed by atoms with Gasteiger partial charge in [0.05, 0.1) is 10.1 Å². The molecule has 0 aromatic carbocycles. The molecule has 6 nitrogen and oxygen atoms in total. The number of rotatable bonds is 6. The number of hydrogen-bond acceptors (Lipinski definition) is 7. The molecular formula is C11H16NNaO5S2. The molecule has 0 bridgehead atoms. The van der Waals surface area contributed by atoms with Crippen LogP contribution in [0.5, 0.6) is 11.5 Å². The van der Waals surface area contributed by atoms with Crippen molar-refractivity contribution >= 4 is 21.5 Å². The molecule has 0 radical (unpaired) electrons. The summed E-state index contributed by atoms with van der Waals surface area (Å²) in [7, 11) is -2.25. The first-order valence-corrected chi connectivity index (χ1v) is 8.44. The minimum atomic E-state index is -4.12. The van der Waals surface area contributed by atoms with Gasteiger partial charge in [-0.15, -0.1) is 11.3 Å². The van der Waals surface area contributed by atoms with Crippen LogP contribution in [0.25, 0.3) is 0 Å². The van der Waals surface area contributed by atoms with Crippen molar-refractivity contribution in [3.8, 4) is 11.5 Å². The molecule has 0 N–H and O–H groups in total. The van der Waals surface area contributed by atoms with E-state index < -0.39 is 10.1 Å². The third-order valence-electron chi connectivity index (χ3n) is 2.76. The fourth-order valence-electron chi connectivity index (χ4n) is 1.90.